The lowest BCUT2D eigenvalue weighted by Gasteiger charge is -2.12. The second-order valence-electron chi connectivity index (χ2n) is 4.58. The van der Waals surface area contributed by atoms with Gasteiger partial charge in [0.2, 0.25) is 5.91 Å². The lowest BCUT2D eigenvalue weighted by molar-refractivity contribution is -0.117. The molecule has 0 bridgehead atoms. The van der Waals surface area contributed by atoms with Crippen molar-refractivity contribution in [3.8, 4) is 11.5 Å². The summed E-state index contributed by atoms with van der Waals surface area (Å²) >= 11 is 0. The van der Waals surface area contributed by atoms with Crippen LogP contribution >= 0.6 is 0 Å². The van der Waals surface area contributed by atoms with Gasteiger partial charge in [0.25, 0.3) is 5.89 Å². The fourth-order valence-corrected chi connectivity index (χ4v) is 1.85. The Kier molecular flexibility index (Phi) is 4.47. The number of nitrogens with two attached hydrogens (primary N) is 1. The normalized spacial score (nSPS) is 12.2. The zero-order valence-corrected chi connectivity index (χ0v) is 11.6. The van der Waals surface area contributed by atoms with Crippen molar-refractivity contribution in [2.24, 2.45) is 5.73 Å². The molecule has 0 aliphatic carbocycles. The summed E-state index contributed by atoms with van der Waals surface area (Å²) in [6, 6.07) is 6.75. The number of para-hydroxylation sites is 1. The number of carbonyl (C=O) groups excluding carboxylic acids is 1. The van der Waals surface area contributed by atoms with E-state index in [0.717, 1.165) is 6.42 Å². The highest BCUT2D eigenvalue weighted by atomic mass is 16.5. The number of hydrogen-bond acceptors (Lipinski definition) is 5. The summed E-state index contributed by atoms with van der Waals surface area (Å²) in [6.45, 7) is 3.73. The minimum absolute atomic E-state index is 0.212. The molecule has 6 heteroatoms. The van der Waals surface area contributed by atoms with Gasteiger partial charge in [0.05, 0.1) is 17.3 Å². The number of nitrogens with one attached hydrogen (secondary N) is 1. The number of hydrogen-bond donors (Lipinski definition) is 2. The van der Waals surface area contributed by atoms with E-state index in [4.69, 9.17) is 10.3 Å². The first-order valence-electron chi connectivity index (χ1n) is 6.58. The van der Waals surface area contributed by atoms with E-state index in [1.54, 1.807) is 13.0 Å². The number of aryl methyl sites for hydroxylation is 1. The molecule has 0 spiro atoms. The van der Waals surface area contributed by atoms with Gasteiger partial charge in [-0.1, -0.05) is 30.6 Å². The van der Waals surface area contributed by atoms with Crippen molar-refractivity contribution in [2.75, 3.05) is 5.32 Å². The summed E-state index contributed by atoms with van der Waals surface area (Å²) in [5.41, 5.74) is 7.11. The summed E-state index contributed by atoms with van der Waals surface area (Å²) in [6.07, 6.45) is 1.51. The maximum Gasteiger partial charge on any atom is 0.260 e. The number of amides is 1. The van der Waals surface area contributed by atoms with Gasteiger partial charge in [-0.3, -0.25) is 4.79 Å². The molecule has 1 amide bonds. The van der Waals surface area contributed by atoms with E-state index in [2.05, 4.69) is 15.5 Å². The number of carbonyl (C=O) groups is 1. The molecule has 1 aromatic heterocycles. The molecule has 0 saturated carbocycles. The molecule has 0 unspecified atom stereocenters. The minimum atomic E-state index is -0.516. The second-order valence-corrected chi connectivity index (χ2v) is 4.58. The van der Waals surface area contributed by atoms with Crippen LogP contribution in [-0.4, -0.2) is 22.1 Å². The summed E-state index contributed by atoms with van der Waals surface area (Å²) in [7, 11) is 0. The number of aromatic nitrogens is 2. The van der Waals surface area contributed by atoms with Gasteiger partial charge in [-0.05, 0) is 25.5 Å². The van der Waals surface area contributed by atoms with Gasteiger partial charge in [-0.15, -0.1) is 0 Å². The smallest absolute Gasteiger partial charge is 0.260 e. The molecule has 0 radical (unpaired) electrons. The Morgan fingerprint density at radius 1 is 1.45 bits per heavy atom. The Bertz CT molecular complexity index is 594. The fraction of sp³-hybridized carbons (Fsp3) is 0.357. The van der Waals surface area contributed by atoms with Gasteiger partial charge in [0, 0.05) is 0 Å². The summed E-state index contributed by atoms with van der Waals surface area (Å²) in [4.78, 5) is 16.2. The molecule has 0 saturated heterocycles. The molecule has 0 aliphatic heterocycles. The zero-order valence-electron chi connectivity index (χ0n) is 11.6. The average Bonchev–Trinajstić information content (AvgIpc) is 2.86. The van der Waals surface area contributed by atoms with Crippen LogP contribution in [0.2, 0.25) is 0 Å². The van der Waals surface area contributed by atoms with Crippen molar-refractivity contribution in [2.45, 2.75) is 32.7 Å². The molecule has 0 aliphatic rings. The molecule has 20 heavy (non-hydrogen) atoms. The first kappa shape index (κ1) is 14.2. The topological polar surface area (TPSA) is 94.0 Å². The van der Waals surface area contributed by atoms with Gasteiger partial charge < -0.3 is 15.6 Å². The number of anilines is 1. The Morgan fingerprint density at radius 3 is 2.85 bits per heavy atom. The first-order chi connectivity index (χ1) is 9.61. The van der Waals surface area contributed by atoms with Crippen LogP contribution in [0.5, 0.6) is 0 Å². The summed E-state index contributed by atoms with van der Waals surface area (Å²) in [5, 5.41) is 6.57. The number of rotatable bonds is 5. The molecule has 2 aromatic rings. The van der Waals surface area contributed by atoms with E-state index < -0.39 is 6.04 Å². The quantitative estimate of drug-likeness (QED) is 0.870. The lowest BCUT2D eigenvalue weighted by Crippen LogP contribution is -2.35. The third-order valence-electron chi connectivity index (χ3n) is 2.88. The highest BCUT2D eigenvalue weighted by molar-refractivity contribution is 5.97. The SMILES string of the molecule is CCC[C@H](N)C(=O)Nc1ccccc1-c1nc(C)no1. The molecular formula is C14H18N4O2. The van der Waals surface area contributed by atoms with Crippen LogP contribution in [0.3, 0.4) is 0 Å². The van der Waals surface area contributed by atoms with Crippen molar-refractivity contribution in [1.29, 1.82) is 0 Å². The summed E-state index contributed by atoms with van der Waals surface area (Å²) in [5.74, 6) is 0.710. The molecule has 1 heterocycles. The highest BCUT2D eigenvalue weighted by Crippen LogP contribution is 2.26. The molecule has 106 valence electrons. The number of benzene rings is 1. The Labute approximate surface area is 117 Å². The van der Waals surface area contributed by atoms with Crippen LogP contribution in [0.25, 0.3) is 11.5 Å². The predicted octanol–water partition coefficient (Wildman–Crippen LogP) is 2.11. The van der Waals surface area contributed by atoms with Crippen LogP contribution < -0.4 is 11.1 Å². The largest absolute Gasteiger partial charge is 0.334 e. The molecule has 2 rings (SSSR count). The van der Waals surface area contributed by atoms with Crippen LogP contribution in [-0.2, 0) is 4.79 Å². The van der Waals surface area contributed by atoms with Crippen molar-refractivity contribution in [1.82, 2.24) is 10.1 Å². The van der Waals surface area contributed by atoms with E-state index in [9.17, 15) is 4.79 Å². The van der Waals surface area contributed by atoms with E-state index in [0.29, 0.717) is 29.4 Å². The van der Waals surface area contributed by atoms with E-state index in [1.807, 2.05) is 25.1 Å². The van der Waals surface area contributed by atoms with Crippen LogP contribution in [0.4, 0.5) is 5.69 Å². The van der Waals surface area contributed by atoms with Crippen molar-refractivity contribution >= 4 is 11.6 Å². The zero-order chi connectivity index (χ0) is 14.5. The Balaban J connectivity index is 2.22. The Morgan fingerprint density at radius 2 is 2.20 bits per heavy atom. The van der Waals surface area contributed by atoms with Crippen molar-refractivity contribution < 1.29 is 9.32 Å². The molecule has 1 aromatic carbocycles. The van der Waals surface area contributed by atoms with E-state index in [1.165, 1.54) is 0 Å². The summed E-state index contributed by atoms with van der Waals surface area (Å²) < 4.78 is 5.14. The predicted molar refractivity (Wildman–Crippen MR) is 76.0 cm³/mol. The van der Waals surface area contributed by atoms with Gasteiger partial charge in [0.1, 0.15) is 0 Å². The second kappa shape index (κ2) is 6.29. The fourth-order valence-electron chi connectivity index (χ4n) is 1.85. The highest BCUT2D eigenvalue weighted by Gasteiger charge is 2.16. The molecule has 0 fully saturated rings. The van der Waals surface area contributed by atoms with Gasteiger partial charge in [-0.2, -0.15) is 4.98 Å². The molecular weight excluding hydrogens is 256 g/mol. The van der Waals surface area contributed by atoms with Crippen molar-refractivity contribution in [3.05, 3.63) is 30.1 Å². The monoisotopic (exact) mass is 274 g/mol. The Hall–Kier alpha value is -2.21. The third kappa shape index (κ3) is 3.21. The standard InChI is InChI=1S/C14H18N4O2/c1-3-6-11(15)13(19)17-12-8-5-4-7-10(12)14-16-9(2)18-20-14/h4-5,7-8,11H,3,6,15H2,1-2H3,(H,17,19)/t11-/m0/s1. The molecule has 3 N–H and O–H groups in total. The van der Waals surface area contributed by atoms with Gasteiger partial charge in [-0.25, -0.2) is 0 Å². The van der Waals surface area contributed by atoms with Crippen LogP contribution in [0.1, 0.15) is 25.6 Å². The third-order valence-corrected chi connectivity index (χ3v) is 2.88. The maximum atomic E-state index is 12.0. The van der Waals surface area contributed by atoms with Crippen molar-refractivity contribution in [3.63, 3.8) is 0 Å². The van der Waals surface area contributed by atoms with E-state index in [-0.39, 0.29) is 5.91 Å². The van der Waals surface area contributed by atoms with Crippen LogP contribution in [0, 0.1) is 6.92 Å². The lowest BCUT2D eigenvalue weighted by atomic mass is 10.1. The molecule has 1 atom stereocenters. The number of nitrogens with zero attached hydrogens (tertiary/aromatic N) is 2. The average molecular weight is 274 g/mol. The van der Waals surface area contributed by atoms with E-state index >= 15 is 0 Å². The minimum Gasteiger partial charge on any atom is -0.334 e. The maximum absolute atomic E-state index is 12.0. The van der Waals surface area contributed by atoms with Crippen LogP contribution in [0.15, 0.2) is 28.8 Å². The first-order valence-corrected chi connectivity index (χ1v) is 6.58. The van der Waals surface area contributed by atoms with Gasteiger partial charge >= 0.3 is 0 Å². The molecule has 6 nitrogen and oxygen atoms in total. The van der Waals surface area contributed by atoms with Gasteiger partial charge in [0.15, 0.2) is 5.82 Å².